The van der Waals surface area contributed by atoms with Crippen LogP contribution in [0.5, 0.6) is 0 Å². The van der Waals surface area contributed by atoms with Crippen LogP contribution in [-0.4, -0.2) is 17.4 Å². The number of hydrogen-bond donors (Lipinski definition) is 0. The Morgan fingerprint density at radius 2 is 1.29 bits per heavy atom. The van der Waals surface area contributed by atoms with Gasteiger partial charge < -0.3 is 5.11 Å². The van der Waals surface area contributed by atoms with Crippen LogP contribution in [0.2, 0.25) is 0 Å². The summed E-state index contributed by atoms with van der Waals surface area (Å²) in [6, 6.07) is 0. The second-order valence-corrected chi connectivity index (χ2v) is 5.79. The van der Waals surface area contributed by atoms with Crippen molar-refractivity contribution < 1.29 is 56.5 Å². The molecule has 0 amide bonds. The van der Waals surface area contributed by atoms with E-state index in [2.05, 4.69) is 4.99 Å². The molecule has 0 aromatic heterocycles. The first-order valence-corrected chi connectivity index (χ1v) is 4.72. The molecule has 0 aromatic rings. The summed E-state index contributed by atoms with van der Waals surface area (Å²) in [6.45, 7) is 13.5. The molecule has 0 aliphatic rings. The van der Waals surface area contributed by atoms with Gasteiger partial charge in [0.25, 0.3) is 0 Å². The predicted molar refractivity (Wildman–Crippen MR) is 56.1 cm³/mol. The van der Waals surface area contributed by atoms with E-state index < -0.39 is 5.60 Å². The Morgan fingerprint density at radius 1 is 0.929 bits per heavy atom. The van der Waals surface area contributed by atoms with Gasteiger partial charge in [-0.15, -0.1) is 0 Å². The Hall–Kier alpha value is 1.27. The molecular formula is C11H22KNO. The summed E-state index contributed by atoms with van der Waals surface area (Å²) >= 11 is 0. The summed E-state index contributed by atoms with van der Waals surface area (Å²) in [7, 11) is 0. The third kappa shape index (κ3) is 6.70. The molecule has 0 bridgehead atoms. The van der Waals surface area contributed by atoms with E-state index in [1.807, 2.05) is 41.5 Å². The first kappa shape index (κ1) is 17.7. The molecule has 0 saturated heterocycles. The maximum atomic E-state index is 12.0. The predicted octanol–water partition coefficient (Wildman–Crippen LogP) is -0.975. The normalized spacial score (nSPS) is 17.7. The third-order valence-electron chi connectivity index (χ3n) is 2.19. The van der Waals surface area contributed by atoms with Crippen molar-refractivity contribution in [1.29, 1.82) is 0 Å². The molecule has 3 heteroatoms. The maximum absolute atomic E-state index is 12.0. The Labute approximate surface area is 131 Å². The average Bonchev–Trinajstić information content (AvgIpc) is 1.79. The van der Waals surface area contributed by atoms with Crippen molar-refractivity contribution in [3.8, 4) is 0 Å². The zero-order chi connectivity index (χ0) is 10.9. The van der Waals surface area contributed by atoms with E-state index in [1.54, 1.807) is 13.1 Å². The fourth-order valence-electron chi connectivity index (χ4n) is 0.510. The average molecular weight is 223 g/mol. The summed E-state index contributed by atoms with van der Waals surface area (Å²) in [5, 5.41) is 12.0. The molecule has 0 aromatic carbocycles. The summed E-state index contributed by atoms with van der Waals surface area (Å²) < 4.78 is 0. The van der Waals surface area contributed by atoms with Gasteiger partial charge in [-0.2, -0.15) is 0 Å². The van der Waals surface area contributed by atoms with Gasteiger partial charge in [-0.3, -0.25) is 4.99 Å². The molecule has 0 N–H and O–H groups in total. The Morgan fingerprint density at radius 3 is 1.50 bits per heavy atom. The first-order valence-electron chi connectivity index (χ1n) is 4.72. The van der Waals surface area contributed by atoms with Crippen LogP contribution in [0.1, 0.15) is 48.5 Å². The van der Waals surface area contributed by atoms with Crippen LogP contribution in [0.15, 0.2) is 4.99 Å². The molecule has 0 aliphatic heterocycles. The minimum atomic E-state index is -1.10. The van der Waals surface area contributed by atoms with Crippen LogP contribution in [0.3, 0.4) is 0 Å². The summed E-state index contributed by atoms with van der Waals surface area (Å²) in [5.41, 5.74) is -1.54. The molecule has 1 unspecified atom stereocenters. The van der Waals surface area contributed by atoms with Gasteiger partial charge in [-0.1, -0.05) is 33.3 Å². The van der Waals surface area contributed by atoms with Crippen molar-refractivity contribution in [2.24, 2.45) is 10.4 Å². The zero-order valence-corrected chi connectivity index (χ0v) is 14.1. The van der Waals surface area contributed by atoms with E-state index in [0.29, 0.717) is 0 Å². The van der Waals surface area contributed by atoms with Crippen molar-refractivity contribution in [3.05, 3.63) is 0 Å². The molecule has 0 saturated carbocycles. The Balaban J connectivity index is 0. The second-order valence-electron chi connectivity index (χ2n) is 5.79. The molecule has 1 atom stereocenters. The van der Waals surface area contributed by atoms with Crippen LogP contribution in [0.4, 0.5) is 0 Å². The smallest absolute Gasteiger partial charge is 0.845 e. The second kappa shape index (κ2) is 5.55. The Bertz CT molecular complexity index is 196. The van der Waals surface area contributed by atoms with Gasteiger partial charge in [-0.05, 0) is 32.4 Å². The standard InChI is InChI=1S/C11H22NO.K/c1-9(2,3)11(7,13)8-12-10(4,5)6;/h8H,1-7H3;/q-1;+1. The SMILES string of the molecule is CC(C)(C)N=CC(C)([O-])C(C)(C)C.[K+]. The van der Waals surface area contributed by atoms with Crippen LogP contribution in [-0.2, 0) is 0 Å². The van der Waals surface area contributed by atoms with Gasteiger partial charge in [-0.25, -0.2) is 0 Å². The van der Waals surface area contributed by atoms with E-state index in [9.17, 15) is 5.11 Å². The van der Waals surface area contributed by atoms with Gasteiger partial charge in [0.15, 0.2) is 0 Å². The molecule has 0 aliphatic carbocycles. The van der Waals surface area contributed by atoms with Gasteiger partial charge in [0.2, 0.25) is 0 Å². The van der Waals surface area contributed by atoms with E-state index in [4.69, 9.17) is 0 Å². The largest absolute Gasteiger partial charge is 1.00 e. The van der Waals surface area contributed by atoms with Crippen molar-refractivity contribution in [1.82, 2.24) is 0 Å². The maximum Gasteiger partial charge on any atom is 1.00 e. The van der Waals surface area contributed by atoms with E-state index >= 15 is 0 Å². The molecule has 78 valence electrons. The number of hydrogen-bond acceptors (Lipinski definition) is 2. The fourth-order valence-corrected chi connectivity index (χ4v) is 0.510. The van der Waals surface area contributed by atoms with Gasteiger partial charge in [0, 0.05) is 0 Å². The van der Waals surface area contributed by atoms with Gasteiger partial charge in [0.05, 0.1) is 5.54 Å². The molecule has 2 nitrogen and oxygen atoms in total. The van der Waals surface area contributed by atoms with Gasteiger partial charge in [0.1, 0.15) is 0 Å². The third-order valence-corrected chi connectivity index (χ3v) is 2.19. The molecule has 0 rings (SSSR count). The van der Waals surface area contributed by atoms with Crippen molar-refractivity contribution >= 4 is 6.21 Å². The summed E-state index contributed by atoms with van der Waals surface area (Å²) in [5.74, 6) is 0. The topological polar surface area (TPSA) is 35.4 Å². The minimum absolute atomic E-state index is 0. The molecule has 0 spiro atoms. The summed E-state index contributed by atoms with van der Waals surface area (Å²) in [4.78, 5) is 4.26. The Kier molecular flexibility index (Phi) is 7.00. The number of rotatable bonds is 1. The van der Waals surface area contributed by atoms with Crippen LogP contribution < -0.4 is 56.5 Å². The zero-order valence-electron chi connectivity index (χ0n) is 10.9. The van der Waals surface area contributed by atoms with Crippen LogP contribution >= 0.6 is 0 Å². The van der Waals surface area contributed by atoms with E-state index in [0.717, 1.165) is 0 Å². The summed E-state index contributed by atoms with van der Waals surface area (Å²) in [6.07, 6.45) is 1.55. The first-order chi connectivity index (χ1) is 5.46. The quantitative estimate of drug-likeness (QED) is 0.416. The van der Waals surface area contributed by atoms with Crippen LogP contribution in [0, 0.1) is 5.41 Å². The van der Waals surface area contributed by atoms with Crippen molar-refractivity contribution in [3.63, 3.8) is 0 Å². The number of nitrogens with zero attached hydrogens (tertiary/aromatic N) is 1. The number of aliphatic imine (C=N–C) groups is 1. The van der Waals surface area contributed by atoms with Crippen LogP contribution in [0.25, 0.3) is 0 Å². The van der Waals surface area contributed by atoms with Crippen molar-refractivity contribution in [2.75, 3.05) is 0 Å². The van der Waals surface area contributed by atoms with Crippen molar-refractivity contribution in [2.45, 2.75) is 59.6 Å². The molecule has 0 radical (unpaired) electrons. The molecular weight excluding hydrogens is 201 g/mol. The molecule has 0 heterocycles. The monoisotopic (exact) mass is 223 g/mol. The molecule has 14 heavy (non-hydrogen) atoms. The van der Waals surface area contributed by atoms with Gasteiger partial charge >= 0.3 is 51.4 Å². The van der Waals surface area contributed by atoms with E-state index in [-0.39, 0.29) is 62.3 Å². The van der Waals surface area contributed by atoms with E-state index in [1.165, 1.54) is 0 Å². The molecule has 0 fully saturated rings. The fraction of sp³-hybridized carbons (Fsp3) is 0.909. The minimum Gasteiger partial charge on any atom is -0.845 e.